The maximum absolute atomic E-state index is 15.2. The van der Waals surface area contributed by atoms with Crippen LogP contribution in [0.4, 0.5) is 15.8 Å². The van der Waals surface area contributed by atoms with Gasteiger partial charge in [0.15, 0.2) is 0 Å². The lowest BCUT2D eigenvalue weighted by Gasteiger charge is -2.37. The van der Waals surface area contributed by atoms with E-state index in [0.29, 0.717) is 30.3 Å². The second-order valence-electron chi connectivity index (χ2n) is 11.4. The van der Waals surface area contributed by atoms with Gasteiger partial charge in [-0.05, 0) is 67.6 Å². The van der Waals surface area contributed by atoms with Crippen LogP contribution in [0.15, 0.2) is 40.9 Å². The van der Waals surface area contributed by atoms with Crippen molar-refractivity contribution in [2.75, 3.05) is 49.1 Å². The van der Waals surface area contributed by atoms with Crippen LogP contribution in [-0.2, 0) is 20.9 Å². The highest BCUT2D eigenvalue weighted by Crippen LogP contribution is 2.35. The molecule has 41 heavy (non-hydrogen) atoms. The van der Waals surface area contributed by atoms with Crippen LogP contribution in [0.25, 0.3) is 0 Å². The smallest absolute Gasteiger partial charge is 0.254 e. The maximum Gasteiger partial charge on any atom is 0.254 e. The molecular weight excluding hydrogens is 593 g/mol. The molecule has 6 rings (SSSR count). The van der Waals surface area contributed by atoms with Crippen LogP contribution < -0.4 is 15.1 Å². The number of piperidine rings is 2. The number of halogens is 2. The average molecular weight is 627 g/mol. The van der Waals surface area contributed by atoms with Crippen LogP contribution in [0.3, 0.4) is 0 Å². The first-order valence-electron chi connectivity index (χ1n) is 14.2. The van der Waals surface area contributed by atoms with Crippen LogP contribution in [0.5, 0.6) is 0 Å². The van der Waals surface area contributed by atoms with Crippen molar-refractivity contribution in [3.8, 4) is 0 Å². The summed E-state index contributed by atoms with van der Waals surface area (Å²) in [5, 5.41) is 2.27. The summed E-state index contributed by atoms with van der Waals surface area (Å²) in [4.78, 5) is 57.1. The van der Waals surface area contributed by atoms with Crippen LogP contribution in [0, 0.1) is 11.7 Å². The molecule has 0 bridgehead atoms. The lowest BCUT2D eigenvalue weighted by atomic mass is 9.92. The van der Waals surface area contributed by atoms with Crippen molar-refractivity contribution < 1.29 is 23.6 Å². The molecule has 4 heterocycles. The summed E-state index contributed by atoms with van der Waals surface area (Å²) < 4.78 is 16.2. The molecule has 11 heteroatoms. The molecule has 3 fully saturated rings. The van der Waals surface area contributed by atoms with Gasteiger partial charge >= 0.3 is 0 Å². The van der Waals surface area contributed by atoms with Gasteiger partial charge in [-0.15, -0.1) is 0 Å². The Balaban J connectivity index is 1.01. The van der Waals surface area contributed by atoms with Crippen molar-refractivity contribution in [3.63, 3.8) is 0 Å². The van der Waals surface area contributed by atoms with Gasteiger partial charge in [-0.2, -0.15) is 0 Å². The number of hydrogen-bond donors (Lipinski definition) is 1. The molecule has 1 N–H and O–H groups in total. The van der Waals surface area contributed by atoms with Gasteiger partial charge in [-0.25, -0.2) is 4.39 Å². The van der Waals surface area contributed by atoms with Gasteiger partial charge in [0.05, 0.1) is 12.2 Å². The van der Waals surface area contributed by atoms with Gasteiger partial charge in [-0.3, -0.25) is 29.4 Å². The third-order valence-electron chi connectivity index (χ3n) is 8.79. The van der Waals surface area contributed by atoms with Crippen molar-refractivity contribution >= 4 is 50.9 Å². The van der Waals surface area contributed by atoms with E-state index in [1.165, 1.54) is 11.0 Å². The molecule has 2 aromatic rings. The number of anilines is 2. The van der Waals surface area contributed by atoms with Crippen LogP contribution in [-0.4, -0.2) is 78.7 Å². The van der Waals surface area contributed by atoms with E-state index in [9.17, 15) is 19.2 Å². The lowest BCUT2D eigenvalue weighted by molar-refractivity contribution is -0.135. The molecule has 0 atom stereocenters. The summed E-state index contributed by atoms with van der Waals surface area (Å²) in [6.07, 6.45) is 3.02. The number of amides is 4. The predicted octanol–water partition coefficient (Wildman–Crippen LogP) is 3.30. The molecule has 216 valence electrons. The summed E-state index contributed by atoms with van der Waals surface area (Å²) in [6.45, 7) is 4.53. The zero-order valence-electron chi connectivity index (χ0n) is 22.8. The Hall–Kier alpha value is -3.31. The fraction of sp³-hybridized carbons (Fsp3) is 0.467. The second kappa shape index (κ2) is 11.5. The largest absolute Gasteiger partial charge is 0.369 e. The van der Waals surface area contributed by atoms with Gasteiger partial charge < -0.3 is 14.7 Å². The number of carbonyl (C=O) groups excluding carboxylic acids is 4. The molecule has 0 unspecified atom stereocenters. The number of benzene rings is 2. The van der Waals surface area contributed by atoms with E-state index in [4.69, 9.17) is 0 Å². The highest BCUT2D eigenvalue weighted by atomic mass is 79.9. The predicted molar refractivity (Wildman–Crippen MR) is 155 cm³/mol. The maximum atomic E-state index is 15.2. The van der Waals surface area contributed by atoms with E-state index < -0.39 is 11.9 Å². The minimum absolute atomic E-state index is 0.0726. The van der Waals surface area contributed by atoms with E-state index in [1.54, 1.807) is 6.07 Å². The van der Waals surface area contributed by atoms with E-state index in [2.05, 4.69) is 31.0 Å². The van der Waals surface area contributed by atoms with E-state index in [1.807, 2.05) is 29.2 Å². The Labute approximate surface area is 246 Å². The number of imide groups is 1. The molecule has 2 aromatic carbocycles. The number of rotatable bonds is 6. The first-order valence-corrected chi connectivity index (χ1v) is 15.0. The highest BCUT2D eigenvalue weighted by molar-refractivity contribution is 9.10. The number of piperazine rings is 1. The normalized spacial score (nSPS) is 21.1. The average Bonchev–Trinajstić information content (AvgIpc) is 3.26. The van der Waals surface area contributed by atoms with Gasteiger partial charge in [0, 0.05) is 67.3 Å². The van der Waals surface area contributed by atoms with E-state index >= 15 is 4.39 Å². The summed E-state index contributed by atoms with van der Waals surface area (Å²) in [5.41, 5.74) is 2.47. The number of hydrogen-bond acceptors (Lipinski definition) is 6. The minimum Gasteiger partial charge on any atom is -0.369 e. The summed E-state index contributed by atoms with van der Waals surface area (Å²) in [7, 11) is 0. The van der Waals surface area contributed by atoms with Crippen LogP contribution in [0.2, 0.25) is 0 Å². The van der Waals surface area contributed by atoms with Crippen molar-refractivity contribution in [2.24, 2.45) is 5.92 Å². The van der Waals surface area contributed by atoms with Gasteiger partial charge in [0.1, 0.15) is 5.82 Å². The molecule has 0 saturated carbocycles. The number of nitrogens with one attached hydrogen (secondary N) is 1. The first-order chi connectivity index (χ1) is 19.7. The zero-order valence-corrected chi connectivity index (χ0v) is 24.4. The third-order valence-corrected chi connectivity index (χ3v) is 9.29. The summed E-state index contributed by atoms with van der Waals surface area (Å²) in [5.74, 6) is -0.900. The standard InChI is InChI=1S/C30H33BrFN5O4/c31-21-2-1-3-22(13-21)36-11-10-34(18-29(36)40)7-4-19-5-8-35(9-6-19)26-12-20-17-37(30(41)24(20)16-25(26)32)23-14-27(38)33-28(39)15-23/h1-3,12-13,16,19,23H,4-11,14-15,17-18H2,(H,33,38,39). The molecule has 0 radical (unpaired) electrons. The summed E-state index contributed by atoms with van der Waals surface area (Å²) in [6, 6.07) is 10.4. The molecule has 0 aliphatic carbocycles. The Morgan fingerprint density at radius 1 is 0.927 bits per heavy atom. The molecule has 3 saturated heterocycles. The molecule has 4 aliphatic heterocycles. The van der Waals surface area contributed by atoms with Crippen molar-refractivity contribution in [1.29, 1.82) is 0 Å². The highest BCUT2D eigenvalue weighted by Gasteiger charge is 2.38. The Morgan fingerprint density at radius 3 is 2.39 bits per heavy atom. The number of carbonyl (C=O) groups is 4. The number of fused-ring (bicyclic) bond motifs is 1. The molecule has 4 aliphatic rings. The fourth-order valence-corrected chi connectivity index (χ4v) is 6.91. The van der Waals surface area contributed by atoms with E-state index in [-0.39, 0.29) is 43.0 Å². The van der Waals surface area contributed by atoms with Crippen molar-refractivity contribution in [1.82, 2.24) is 15.1 Å². The summed E-state index contributed by atoms with van der Waals surface area (Å²) >= 11 is 3.48. The molecule has 0 spiro atoms. The molecule has 9 nitrogen and oxygen atoms in total. The fourth-order valence-electron chi connectivity index (χ4n) is 6.52. The van der Waals surface area contributed by atoms with Gasteiger partial charge in [0.2, 0.25) is 17.7 Å². The molecular formula is C30H33BrFN5O4. The molecule has 0 aromatic heterocycles. The van der Waals surface area contributed by atoms with Gasteiger partial charge in [-0.1, -0.05) is 22.0 Å². The first kappa shape index (κ1) is 27.8. The topological polar surface area (TPSA) is 93.3 Å². The second-order valence-corrected chi connectivity index (χ2v) is 12.4. The van der Waals surface area contributed by atoms with Crippen LogP contribution >= 0.6 is 15.9 Å². The van der Waals surface area contributed by atoms with Crippen molar-refractivity contribution in [3.05, 3.63) is 57.8 Å². The minimum atomic E-state index is -0.503. The van der Waals surface area contributed by atoms with E-state index in [0.717, 1.165) is 61.2 Å². The molecule has 4 amide bonds. The monoisotopic (exact) mass is 625 g/mol. The van der Waals surface area contributed by atoms with Crippen LogP contribution in [0.1, 0.15) is 48.0 Å². The Bertz CT molecular complexity index is 1380. The SMILES string of the molecule is O=C1CC(N2Cc3cc(N4CCC(CCN5CCN(c6cccc(Br)c6)C(=O)C5)CC4)c(F)cc3C2=O)CC(=O)N1. The Morgan fingerprint density at radius 2 is 1.68 bits per heavy atom. The zero-order chi connectivity index (χ0) is 28.7. The van der Waals surface area contributed by atoms with Crippen molar-refractivity contribution in [2.45, 2.75) is 44.7 Å². The Kier molecular flexibility index (Phi) is 7.82. The van der Waals surface area contributed by atoms with Gasteiger partial charge in [0.25, 0.3) is 5.91 Å². The quantitative estimate of drug-likeness (QED) is 0.495. The lowest BCUT2D eigenvalue weighted by Crippen LogP contribution is -2.51. The third kappa shape index (κ3) is 5.88. The number of nitrogens with zero attached hydrogens (tertiary/aromatic N) is 4.